The summed E-state index contributed by atoms with van der Waals surface area (Å²) in [6.07, 6.45) is 38.1. The van der Waals surface area contributed by atoms with Crippen molar-refractivity contribution >= 4 is 19.8 Å². The minimum atomic E-state index is -5.14. The van der Waals surface area contributed by atoms with Gasteiger partial charge in [0.1, 0.15) is 43.2 Å². The van der Waals surface area contributed by atoms with E-state index in [4.69, 9.17) is 18.5 Å². The van der Waals surface area contributed by atoms with Crippen molar-refractivity contribution in [2.45, 2.75) is 224 Å². The first-order chi connectivity index (χ1) is 31.4. The van der Waals surface area contributed by atoms with Crippen LogP contribution in [0.2, 0.25) is 0 Å². The van der Waals surface area contributed by atoms with Crippen molar-refractivity contribution in [1.82, 2.24) is 0 Å². The van der Waals surface area contributed by atoms with E-state index in [2.05, 4.69) is 74.6 Å². The predicted molar refractivity (Wildman–Crippen MR) is 258 cm³/mol. The van der Waals surface area contributed by atoms with Gasteiger partial charge >= 0.3 is 19.8 Å². The number of phosphoric ester groups is 1. The molecule has 6 unspecified atom stereocenters. The van der Waals surface area contributed by atoms with Gasteiger partial charge in [0.2, 0.25) is 0 Å². The number of unbranched alkanes of at least 4 members (excludes halogenated alkanes) is 16. The summed E-state index contributed by atoms with van der Waals surface area (Å²) in [4.78, 5) is 35.8. The number of aliphatic hydroxyl groups is 5. The molecule has 8 atom stereocenters. The Balaban J connectivity index is 2.47. The van der Waals surface area contributed by atoms with Crippen LogP contribution in [0.25, 0.3) is 0 Å². The third-order valence-corrected chi connectivity index (χ3v) is 12.0. The van der Waals surface area contributed by atoms with Crippen molar-refractivity contribution in [2.75, 3.05) is 13.2 Å². The van der Waals surface area contributed by atoms with E-state index in [1.165, 1.54) is 70.6 Å². The first-order valence-corrected chi connectivity index (χ1v) is 26.2. The van der Waals surface area contributed by atoms with Crippen molar-refractivity contribution in [3.8, 4) is 0 Å². The lowest BCUT2D eigenvalue weighted by atomic mass is 9.85. The van der Waals surface area contributed by atoms with Crippen LogP contribution in [-0.4, -0.2) is 98.3 Å². The van der Waals surface area contributed by atoms with Crippen LogP contribution in [-0.2, 0) is 32.7 Å². The Morgan fingerprint density at radius 3 is 1.31 bits per heavy atom. The van der Waals surface area contributed by atoms with E-state index in [0.717, 1.165) is 64.2 Å². The molecule has 0 bridgehead atoms. The molecule has 0 aromatic carbocycles. The fraction of sp³-hybridized carbons (Fsp3) is 0.725. The number of hydrogen-bond acceptors (Lipinski definition) is 12. The van der Waals surface area contributed by atoms with E-state index in [1.807, 2.05) is 12.2 Å². The van der Waals surface area contributed by atoms with Crippen molar-refractivity contribution in [3.63, 3.8) is 0 Å². The second-order valence-electron chi connectivity index (χ2n) is 17.0. The second kappa shape index (κ2) is 40.4. The van der Waals surface area contributed by atoms with Crippen LogP contribution in [0.1, 0.15) is 181 Å². The van der Waals surface area contributed by atoms with Crippen LogP contribution in [0.4, 0.5) is 0 Å². The Morgan fingerprint density at radius 2 is 0.846 bits per heavy atom. The summed E-state index contributed by atoms with van der Waals surface area (Å²) in [6, 6.07) is 0. The molecular weight excluding hydrogens is 852 g/mol. The van der Waals surface area contributed by atoms with Crippen LogP contribution in [0.5, 0.6) is 0 Å². The van der Waals surface area contributed by atoms with Crippen LogP contribution in [0, 0.1) is 0 Å². The minimum absolute atomic E-state index is 0.0169. The lowest BCUT2D eigenvalue weighted by Crippen LogP contribution is -2.64. The van der Waals surface area contributed by atoms with E-state index >= 15 is 0 Å². The molecule has 1 aliphatic rings. The molecule has 1 aliphatic carbocycles. The largest absolute Gasteiger partial charge is 0.472 e. The highest BCUT2D eigenvalue weighted by Crippen LogP contribution is 2.47. The first kappa shape index (κ1) is 60.3. The quantitative estimate of drug-likeness (QED) is 0.0146. The molecular formula is C51H87O13P. The normalized spacial score (nSPS) is 22.0. The summed E-state index contributed by atoms with van der Waals surface area (Å²) in [5, 5.41) is 50.2. The third kappa shape index (κ3) is 32.6. The molecule has 374 valence electrons. The van der Waals surface area contributed by atoms with Crippen molar-refractivity contribution in [1.29, 1.82) is 0 Å². The predicted octanol–water partition coefficient (Wildman–Crippen LogP) is 10.3. The molecule has 0 amide bonds. The van der Waals surface area contributed by atoms with E-state index in [-0.39, 0.29) is 12.8 Å². The molecule has 6 N–H and O–H groups in total. The summed E-state index contributed by atoms with van der Waals surface area (Å²) in [5.74, 6) is -1.17. The van der Waals surface area contributed by atoms with E-state index in [0.29, 0.717) is 19.3 Å². The average molecular weight is 939 g/mol. The zero-order valence-corrected chi connectivity index (χ0v) is 40.7. The Kier molecular flexibility index (Phi) is 37.5. The molecule has 0 spiro atoms. The summed E-state index contributed by atoms with van der Waals surface area (Å²) >= 11 is 0. The number of carbonyl (C=O) groups is 2. The average Bonchev–Trinajstić information content (AvgIpc) is 3.29. The number of ether oxygens (including phenoxy) is 2. The summed E-state index contributed by atoms with van der Waals surface area (Å²) < 4.78 is 33.5. The third-order valence-electron chi connectivity index (χ3n) is 11.0. The van der Waals surface area contributed by atoms with E-state index < -0.39 is 75.7 Å². The molecule has 0 aromatic heterocycles. The number of aliphatic hydroxyl groups excluding tert-OH is 5. The van der Waals surface area contributed by atoms with Gasteiger partial charge < -0.3 is 39.9 Å². The number of phosphoric acid groups is 1. The standard InChI is InChI=1S/C51H87O13P/c1-3-5-7-9-11-13-15-17-19-21-22-24-25-27-29-31-33-35-37-39-44(52)61-41-43(42-62-65(59,60)64-51-49(57)47(55)46(54)48(56)50(51)58)63-45(53)40-38-36-34-32-30-28-26-23-20-18-16-14-12-10-8-6-4-2/h11-14,17-20,26,28,32,34,43,46-51,54-58H,3-10,15-16,21-25,27,29-31,33,35-42H2,1-2H3,(H,59,60)/b13-11+,14-12+,19-17+,20-18+,28-26+,34-32+/t43-,46?,47-,48?,49?,50?,51?/m0/s1. The fourth-order valence-corrected chi connectivity index (χ4v) is 7.99. The SMILES string of the molecule is CCCCC/C=C/C/C=C/C/C=C/C/C=C/CCCC(=O)O[C@@H](COC(=O)CCCCCCCCCCC/C=C/C/C=C/CCCCC)COP(=O)(O)OC1C(O)C(O)C(O)[C@H](O)C1O. The van der Waals surface area contributed by atoms with E-state index in [1.54, 1.807) is 0 Å². The van der Waals surface area contributed by atoms with Crippen LogP contribution >= 0.6 is 7.82 Å². The fourth-order valence-electron chi connectivity index (χ4n) is 7.02. The van der Waals surface area contributed by atoms with Gasteiger partial charge in [0.15, 0.2) is 6.10 Å². The van der Waals surface area contributed by atoms with Crippen LogP contribution in [0.15, 0.2) is 72.9 Å². The molecule has 0 saturated heterocycles. The number of esters is 2. The molecule has 65 heavy (non-hydrogen) atoms. The molecule has 1 rings (SSSR count). The smallest absolute Gasteiger partial charge is 0.462 e. The number of hydrogen-bond donors (Lipinski definition) is 6. The van der Waals surface area contributed by atoms with Gasteiger partial charge in [-0.1, -0.05) is 157 Å². The highest BCUT2D eigenvalue weighted by molar-refractivity contribution is 7.47. The van der Waals surface area contributed by atoms with Crippen molar-refractivity contribution < 1.29 is 63.1 Å². The molecule has 1 fully saturated rings. The minimum Gasteiger partial charge on any atom is -0.462 e. The van der Waals surface area contributed by atoms with Gasteiger partial charge in [-0.05, 0) is 83.5 Å². The zero-order valence-electron chi connectivity index (χ0n) is 39.8. The maximum atomic E-state index is 12.8. The molecule has 0 heterocycles. The lowest BCUT2D eigenvalue weighted by Gasteiger charge is -2.41. The molecule has 13 nitrogen and oxygen atoms in total. The summed E-state index contributed by atoms with van der Waals surface area (Å²) in [5.41, 5.74) is 0. The van der Waals surface area contributed by atoms with Crippen molar-refractivity contribution in [2.24, 2.45) is 0 Å². The maximum Gasteiger partial charge on any atom is 0.472 e. The zero-order chi connectivity index (χ0) is 47.8. The Labute approximate surface area is 391 Å². The summed E-state index contributed by atoms with van der Waals surface area (Å²) in [6.45, 7) is 3.20. The number of rotatable bonds is 40. The van der Waals surface area contributed by atoms with Gasteiger partial charge in [-0.25, -0.2) is 4.57 Å². The Bertz CT molecular complexity index is 1410. The van der Waals surface area contributed by atoms with Gasteiger partial charge in [-0.2, -0.15) is 0 Å². The number of carbonyl (C=O) groups excluding carboxylic acids is 2. The Morgan fingerprint density at radius 1 is 0.477 bits per heavy atom. The molecule has 0 aliphatic heterocycles. The van der Waals surface area contributed by atoms with Gasteiger partial charge in [0.05, 0.1) is 6.61 Å². The molecule has 0 aromatic rings. The maximum absolute atomic E-state index is 12.8. The molecule has 14 heteroatoms. The Hall–Kier alpha value is -2.71. The number of allylic oxidation sites excluding steroid dienone is 12. The van der Waals surface area contributed by atoms with Crippen LogP contribution < -0.4 is 0 Å². The van der Waals surface area contributed by atoms with Gasteiger partial charge in [0, 0.05) is 12.8 Å². The van der Waals surface area contributed by atoms with Crippen LogP contribution in [0.3, 0.4) is 0 Å². The van der Waals surface area contributed by atoms with Gasteiger partial charge in [-0.3, -0.25) is 18.6 Å². The second-order valence-corrected chi connectivity index (χ2v) is 18.4. The van der Waals surface area contributed by atoms with Gasteiger partial charge in [-0.15, -0.1) is 0 Å². The van der Waals surface area contributed by atoms with E-state index in [9.17, 15) is 44.6 Å². The summed E-state index contributed by atoms with van der Waals surface area (Å²) in [7, 11) is -5.14. The molecule has 1 saturated carbocycles. The monoisotopic (exact) mass is 939 g/mol. The lowest BCUT2D eigenvalue weighted by molar-refractivity contribution is -0.220. The van der Waals surface area contributed by atoms with Gasteiger partial charge in [0.25, 0.3) is 0 Å². The topological polar surface area (TPSA) is 210 Å². The molecule has 0 radical (unpaired) electrons. The highest BCUT2D eigenvalue weighted by atomic mass is 31.2. The highest BCUT2D eigenvalue weighted by Gasteiger charge is 2.51. The van der Waals surface area contributed by atoms with Crippen molar-refractivity contribution in [3.05, 3.63) is 72.9 Å². The first-order valence-electron chi connectivity index (χ1n) is 24.7.